The van der Waals surface area contributed by atoms with Gasteiger partial charge in [-0.15, -0.1) is 0 Å². The maximum absolute atomic E-state index is 12.8. The van der Waals surface area contributed by atoms with Gasteiger partial charge in [0.05, 0.1) is 5.56 Å². The molecule has 2 aromatic carbocycles. The molecule has 2 aromatic rings. The number of rotatable bonds is 17. The fourth-order valence-electron chi connectivity index (χ4n) is 4.60. The number of carbonyl (C=O) groups excluding carboxylic acids is 1. The maximum Gasteiger partial charge on any atom is 0.416 e. The first-order chi connectivity index (χ1) is 17.8. The first kappa shape index (κ1) is 30.9. The van der Waals surface area contributed by atoms with Crippen LogP contribution in [0.1, 0.15) is 118 Å². The summed E-state index contributed by atoms with van der Waals surface area (Å²) in [4.78, 5) is 14.7. The molecule has 0 spiro atoms. The number of carbonyl (C=O) groups is 1. The minimum Gasteiger partial charge on any atom is -0.352 e. The first-order valence-corrected chi connectivity index (χ1v) is 14.0. The Morgan fingerprint density at radius 3 is 1.86 bits per heavy atom. The van der Waals surface area contributed by atoms with Gasteiger partial charge in [0.25, 0.3) is 5.91 Å². The van der Waals surface area contributed by atoms with Gasteiger partial charge in [-0.25, -0.2) is 0 Å². The van der Waals surface area contributed by atoms with Crippen LogP contribution >= 0.6 is 0 Å². The van der Waals surface area contributed by atoms with Crippen molar-refractivity contribution in [2.24, 2.45) is 0 Å². The highest BCUT2D eigenvalue weighted by atomic mass is 19.4. The van der Waals surface area contributed by atoms with Gasteiger partial charge in [-0.3, -0.25) is 4.79 Å². The molecule has 0 aliphatic heterocycles. The minimum absolute atomic E-state index is 0.0489. The lowest BCUT2D eigenvalue weighted by Gasteiger charge is -2.19. The zero-order chi connectivity index (χ0) is 27.1. The molecule has 1 amide bonds. The predicted octanol–water partition coefficient (Wildman–Crippen LogP) is 8.78. The number of halogens is 3. The van der Waals surface area contributed by atoms with Crippen LogP contribution in [0.15, 0.2) is 48.5 Å². The van der Waals surface area contributed by atoms with Crippen LogP contribution in [0.5, 0.6) is 0 Å². The molecule has 0 saturated heterocycles. The van der Waals surface area contributed by atoms with Crippen LogP contribution in [0.4, 0.5) is 13.2 Å². The van der Waals surface area contributed by atoms with Crippen molar-refractivity contribution in [3.63, 3.8) is 0 Å². The molecule has 37 heavy (non-hydrogen) atoms. The van der Waals surface area contributed by atoms with Crippen LogP contribution < -0.4 is 10.2 Å². The van der Waals surface area contributed by atoms with Crippen LogP contribution in [0.2, 0.25) is 0 Å². The van der Waals surface area contributed by atoms with E-state index in [1.165, 1.54) is 51.4 Å². The van der Waals surface area contributed by atoms with E-state index in [2.05, 4.69) is 24.1 Å². The Morgan fingerprint density at radius 1 is 0.811 bits per heavy atom. The van der Waals surface area contributed by atoms with Gasteiger partial charge in [-0.05, 0) is 44.5 Å². The molecule has 2 rings (SSSR count). The van der Waals surface area contributed by atoms with Crippen LogP contribution in [-0.2, 0) is 12.7 Å². The molecule has 1 radical (unpaired) electrons. The van der Waals surface area contributed by atoms with Gasteiger partial charge < -0.3 is 5.32 Å². The van der Waals surface area contributed by atoms with Crippen molar-refractivity contribution in [3.8, 4) is 0 Å². The van der Waals surface area contributed by atoms with Crippen molar-refractivity contribution < 1.29 is 18.0 Å². The second-order valence-corrected chi connectivity index (χ2v) is 9.99. The molecule has 0 bridgehead atoms. The van der Waals surface area contributed by atoms with Gasteiger partial charge in [-0.1, -0.05) is 89.0 Å². The summed E-state index contributed by atoms with van der Waals surface area (Å²) in [5.41, 5.74) is 1.92. The van der Waals surface area contributed by atoms with E-state index in [0.717, 1.165) is 42.6 Å². The first-order valence-electron chi connectivity index (χ1n) is 14.0. The van der Waals surface area contributed by atoms with E-state index in [1.54, 1.807) is 12.1 Å². The number of hydrogen-bond donors (Lipinski definition) is 1. The number of benzene rings is 2. The fourth-order valence-corrected chi connectivity index (χ4v) is 4.60. The minimum atomic E-state index is -4.32. The Hall–Kier alpha value is -2.34. The summed E-state index contributed by atoms with van der Waals surface area (Å²) < 4.78 is 38.5. The monoisotopic (exact) mass is 518 g/mol. The second kappa shape index (κ2) is 16.5. The normalized spacial score (nSPS) is 12.6. The van der Waals surface area contributed by atoms with Gasteiger partial charge >= 0.3 is 6.18 Å². The van der Waals surface area contributed by atoms with Crippen LogP contribution in [0.25, 0.3) is 0 Å². The number of alkyl halides is 3. The van der Waals surface area contributed by atoms with Crippen molar-refractivity contribution in [1.82, 2.24) is 10.2 Å². The van der Waals surface area contributed by atoms with Crippen molar-refractivity contribution >= 4 is 5.91 Å². The zero-order valence-electron chi connectivity index (χ0n) is 22.9. The van der Waals surface area contributed by atoms with Crippen LogP contribution in [-0.4, -0.2) is 19.0 Å². The average molecular weight is 519 g/mol. The van der Waals surface area contributed by atoms with Gasteiger partial charge in [0.15, 0.2) is 6.04 Å². The largest absolute Gasteiger partial charge is 0.416 e. The number of unbranched alkanes of at least 4 members (excludes halogenated alkanes) is 9. The summed E-state index contributed by atoms with van der Waals surface area (Å²) in [5.74, 6) is -0.0489. The zero-order valence-corrected chi connectivity index (χ0v) is 22.9. The number of nitrogens with one attached hydrogen (secondary N) is 1. The summed E-state index contributed by atoms with van der Waals surface area (Å²) >= 11 is 0. The third-order valence-electron chi connectivity index (χ3n) is 7.09. The summed E-state index contributed by atoms with van der Waals surface area (Å²) in [5, 5.41) is 3.03. The molecule has 6 heteroatoms. The average Bonchev–Trinajstić information content (AvgIpc) is 2.89. The predicted molar refractivity (Wildman–Crippen MR) is 147 cm³/mol. The summed E-state index contributed by atoms with van der Waals surface area (Å²) in [6.45, 7) is 8.36. The van der Waals surface area contributed by atoms with Gasteiger partial charge in [-0.2, -0.15) is 18.1 Å². The topological polar surface area (TPSA) is 35.0 Å². The lowest BCUT2D eigenvalue weighted by Crippen LogP contribution is -2.32. The van der Waals surface area contributed by atoms with E-state index >= 15 is 0 Å². The molecule has 1 N–H and O–H groups in total. The molecule has 3 nitrogen and oxygen atoms in total. The third kappa shape index (κ3) is 11.3. The van der Waals surface area contributed by atoms with E-state index in [9.17, 15) is 18.0 Å². The molecule has 205 valence electrons. The molecule has 0 heterocycles. The lowest BCUT2D eigenvalue weighted by atomic mass is 10.0. The van der Waals surface area contributed by atoms with E-state index in [0.29, 0.717) is 18.7 Å². The third-order valence-corrected chi connectivity index (χ3v) is 7.09. The van der Waals surface area contributed by atoms with Crippen molar-refractivity contribution in [2.45, 2.75) is 104 Å². The Kier molecular flexibility index (Phi) is 13.8. The van der Waals surface area contributed by atoms with Crippen molar-refractivity contribution in [3.05, 3.63) is 70.8 Å². The van der Waals surface area contributed by atoms with E-state index in [-0.39, 0.29) is 11.9 Å². The molecule has 0 saturated carbocycles. The molecular formula is C31H45F3N2O+. The second-order valence-electron chi connectivity index (χ2n) is 9.99. The highest BCUT2D eigenvalue weighted by Crippen LogP contribution is 2.29. The maximum atomic E-state index is 12.8. The molecule has 0 fully saturated rings. The van der Waals surface area contributed by atoms with Gasteiger partial charge in [0.2, 0.25) is 0 Å². The van der Waals surface area contributed by atoms with Gasteiger partial charge in [0.1, 0.15) is 13.1 Å². The Labute approximate surface area is 221 Å². The van der Waals surface area contributed by atoms with E-state index in [4.69, 9.17) is 0 Å². The smallest absolute Gasteiger partial charge is 0.352 e. The molecule has 1 atom stereocenters. The summed E-state index contributed by atoms with van der Waals surface area (Å²) in [7, 11) is 0. The van der Waals surface area contributed by atoms with E-state index in [1.807, 2.05) is 31.2 Å². The number of nitrogens with zero attached hydrogens (tertiary/aromatic N) is 1. The summed E-state index contributed by atoms with van der Waals surface area (Å²) in [6.07, 6.45) is 8.38. The van der Waals surface area contributed by atoms with Gasteiger partial charge in [0, 0.05) is 23.2 Å². The highest BCUT2D eigenvalue weighted by Gasteiger charge is 2.30. The Morgan fingerprint density at radius 2 is 1.35 bits per heavy atom. The van der Waals surface area contributed by atoms with Crippen molar-refractivity contribution in [1.29, 1.82) is 0 Å². The lowest BCUT2D eigenvalue weighted by molar-refractivity contribution is -0.137. The van der Waals surface area contributed by atoms with Crippen LogP contribution in [0.3, 0.4) is 0 Å². The Balaban J connectivity index is 1.73. The summed E-state index contributed by atoms with van der Waals surface area (Å²) in [6, 6.07) is 13.1. The van der Waals surface area contributed by atoms with Crippen molar-refractivity contribution in [2.75, 3.05) is 13.1 Å². The Bertz CT molecular complexity index is 894. The molecule has 0 aliphatic rings. The highest BCUT2D eigenvalue weighted by molar-refractivity contribution is 5.94. The quantitative estimate of drug-likeness (QED) is 0.165. The fraction of sp³-hybridized carbons (Fsp3) is 0.581. The number of amides is 1. The molecule has 0 aliphatic carbocycles. The molecule has 1 unspecified atom stereocenters. The van der Waals surface area contributed by atoms with Crippen LogP contribution in [0, 0.1) is 0 Å². The standard InChI is InChI=1S/C31H45F3N2O/c1-4-6-7-8-9-10-11-12-13-14-23-35-30(37)28-19-17-27(18-20-28)25(3)36(5-2)24-26-15-21-29(22-16-26)31(32,33)34/h15-22,25H,4-14,23-24H2,1-3H3,(H,35,37)/q+1. The molecule has 0 aromatic heterocycles. The number of hydrogen-bond acceptors (Lipinski definition) is 2. The SMILES string of the molecule is CCCCCCCCCCCCNC(=O)c1ccc(C(C)[N+](CC)Cc2ccc(C(F)(F)F)cc2)cc1. The molecular weight excluding hydrogens is 473 g/mol. The van der Waals surface area contributed by atoms with E-state index < -0.39 is 11.7 Å².